The van der Waals surface area contributed by atoms with Crippen molar-refractivity contribution in [3.8, 4) is 0 Å². The van der Waals surface area contributed by atoms with Gasteiger partial charge in [-0.25, -0.2) is 25.6 Å². The molecule has 0 amide bonds. The summed E-state index contributed by atoms with van der Waals surface area (Å²) < 4.78 is 160. The standard InChI is InChI=1S/C32H22F8O2S.C15H12BrClO2S/c33-27-15-1-21(2-16-27)5-19-29(23-7-11-25(12-8-23)31(35,36)37)43(41,42)30(20-6-22-3-17-28(34)18-4-22)24-9-13-26(14-10-24)32(38,39)40;16-14-5-1-12(2-6-14)9-10-20(18,19)11-13-3-7-15(17)8-4-13/h1-20,29-30H;1-10H,11H2/b19-5+,20-6?;. The largest absolute Gasteiger partial charge is 0.416 e. The van der Waals surface area contributed by atoms with Crippen molar-refractivity contribution in [2.75, 3.05) is 0 Å². The van der Waals surface area contributed by atoms with E-state index in [1.54, 1.807) is 30.3 Å². The lowest BCUT2D eigenvalue weighted by atomic mass is 10.1. The van der Waals surface area contributed by atoms with E-state index in [2.05, 4.69) is 15.9 Å². The fourth-order valence-corrected chi connectivity index (χ4v) is 9.36. The fraction of sp³-hybridized carbons (Fsp3) is 0.106. The lowest BCUT2D eigenvalue weighted by molar-refractivity contribution is -0.138. The van der Waals surface area contributed by atoms with Crippen LogP contribution in [0.15, 0.2) is 168 Å². The Morgan fingerprint density at radius 3 is 1.25 bits per heavy atom. The molecular formula is C47H34BrClF8O4S2. The van der Waals surface area contributed by atoms with Crippen molar-refractivity contribution in [2.45, 2.75) is 28.6 Å². The Bertz CT molecular complexity index is 2630. The molecule has 2 atom stereocenters. The number of rotatable bonds is 12. The molecule has 0 aliphatic rings. The molecule has 0 N–H and O–H groups in total. The van der Waals surface area contributed by atoms with Crippen molar-refractivity contribution in [1.29, 1.82) is 0 Å². The third-order valence-corrected chi connectivity index (χ3v) is 13.5. The minimum absolute atomic E-state index is 0.0306. The van der Waals surface area contributed by atoms with Gasteiger partial charge in [0.25, 0.3) is 0 Å². The number of hydrogen-bond donors (Lipinski definition) is 0. The van der Waals surface area contributed by atoms with Crippen molar-refractivity contribution in [2.24, 2.45) is 0 Å². The molecule has 0 spiro atoms. The monoisotopic (exact) mass is 992 g/mol. The second-order valence-corrected chi connectivity index (χ2v) is 19.2. The smallest absolute Gasteiger partial charge is 0.227 e. The Morgan fingerprint density at radius 1 is 0.508 bits per heavy atom. The fourth-order valence-electron chi connectivity index (χ4n) is 5.86. The Morgan fingerprint density at radius 2 is 0.873 bits per heavy atom. The summed E-state index contributed by atoms with van der Waals surface area (Å²) in [4.78, 5) is 0. The molecule has 0 aliphatic heterocycles. The van der Waals surface area contributed by atoms with Crippen LogP contribution in [0.3, 0.4) is 0 Å². The van der Waals surface area contributed by atoms with E-state index in [4.69, 9.17) is 11.6 Å². The minimum atomic E-state index is -4.68. The van der Waals surface area contributed by atoms with Gasteiger partial charge in [0, 0.05) is 14.9 Å². The first kappa shape index (κ1) is 48.7. The first-order valence-corrected chi connectivity index (χ1v) is 22.9. The van der Waals surface area contributed by atoms with E-state index in [1.807, 2.05) is 24.3 Å². The molecule has 4 nitrogen and oxygen atoms in total. The zero-order valence-electron chi connectivity index (χ0n) is 32.4. The molecule has 2 unspecified atom stereocenters. The summed E-state index contributed by atoms with van der Waals surface area (Å²) in [7, 11) is -7.80. The molecule has 63 heavy (non-hydrogen) atoms. The second kappa shape index (κ2) is 20.9. The van der Waals surface area contributed by atoms with E-state index in [1.165, 1.54) is 54.0 Å². The molecule has 16 heteroatoms. The number of benzene rings is 6. The summed E-state index contributed by atoms with van der Waals surface area (Å²) in [5.41, 5.74) is 0.235. The van der Waals surface area contributed by atoms with Crippen LogP contribution < -0.4 is 0 Å². The van der Waals surface area contributed by atoms with Gasteiger partial charge in [0.05, 0.1) is 16.9 Å². The highest BCUT2D eigenvalue weighted by atomic mass is 79.9. The maximum absolute atomic E-state index is 14.3. The quantitative estimate of drug-likeness (QED) is 0.115. The van der Waals surface area contributed by atoms with Crippen LogP contribution in [0.4, 0.5) is 35.1 Å². The van der Waals surface area contributed by atoms with Crippen LogP contribution in [-0.4, -0.2) is 16.8 Å². The topological polar surface area (TPSA) is 68.3 Å². The van der Waals surface area contributed by atoms with E-state index in [0.29, 0.717) is 16.1 Å². The Balaban J connectivity index is 0.000000311. The molecule has 6 aromatic rings. The predicted octanol–water partition coefficient (Wildman–Crippen LogP) is 14.3. The van der Waals surface area contributed by atoms with Crippen LogP contribution in [0.1, 0.15) is 55.0 Å². The Labute approximate surface area is 372 Å². The Kier molecular flexibility index (Phi) is 16.1. The van der Waals surface area contributed by atoms with Crippen molar-refractivity contribution < 1.29 is 52.0 Å². The van der Waals surface area contributed by atoms with Crippen molar-refractivity contribution in [3.05, 3.63) is 229 Å². The van der Waals surface area contributed by atoms with Crippen molar-refractivity contribution in [3.63, 3.8) is 0 Å². The molecule has 0 heterocycles. The summed E-state index contributed by atoms with van der Waals surface area (Å²) in [6.45, 7) is 0. The molecule has 0 aromatic heterocycles. The van der Waals surface area contributed by atoms with E-state index in [-0.39, 0.29) is 16.9 Å². The highest BCUT2D eigenvalue weighted by molar-refractivity contribution is 9.10. The SMILES string of the molecule is O=S(=O)(C(C=Cc1ccc(F)cc1)c1ccc(C(F)(F)F)cc1)C(/C=C/c1ccc(F)cc1)c1ccc(C(F)(F)F)cc1.O=S(=O)(C=Cc1ccc(Br)cc1)Cc1ccc(Cl)cc1. The van der Waals surface area contributed by atoms with Gasteiger partial charge in [-0.1, -0.05) is 125 Å². The van der Waals surface area contributed by atoms with Gasteiger partial charge in [-0.15, -0.1) is 0 Å². The van der Waals surface area contributed by atoms with Gasteiger partial charge in [0.2, 0.25) is 0 Å². The van der Waals surface area contributed by atoms with Crippen molar-refractivity contribution in [1.82, 2.24) is 0 Å². The van der Waals surface area contributed by atoms with Gasteiger partial charge in [0.1, 0.15) is 22.1 Å². The maximum atomic E-state index is 14.3. The average Bonchev–Trinajstić information content (AvgIpc) is 3.23. The van der Waals surface area contributed by atoms with Gasteiger partial charge in [-0.2, -0.15) is 26.3 Å². The van der Waals surface area contributed by atoms with Gasteiger partial charge >= 0.3 is 12.4 Å². The highest BCUT2D eigenvalue weighted by Crippen LogP contribution is 2.40. The molecule has 6 rings (SSSR count). The van der Waals surface area contributed by atoms with Crippen LogP contribution in [0, 0.1) is 11.6 Å². The lowest BCUT2D eigenvalue weighted by Crippen LogP contribution is -2.19. The van der Waals surface area contributed by atoms with Crippen LogP contribution in [-0.2, 0) is 37.8 Å². The third-order valence-electron chi connectivity index (χ3n) is 9.13. The van der Waals surface area contributed by atoms with Crippen LogP contribution >= 0.6 is 27.5 Å². The van der Waals surface area contributed by atoms with Gasteiger partial charge < -0.3 is 0 Å². The number of alkyl halides is 6. The molecule has 0 saturated heterocycles. The number of sulfone groups is 2. The van der Waals surface area contributed by atoms with Gasteiger partial charge in [-0.05, 0) is 112 Å². The molecule has 0 aliphatic carbocycles. The summed E-state index contributed by atoms with van der Waals surface area (Å²) in [6.07, 6.45) is -2.63. The third kappa shape index (κ3) is 14.6. The molecule has 0 fully saturated rings. The van der Waals surface area contributed by atoms with Gasteiger partial charge in [0.15, 0.2) is 19.7 Å². The zero-order chi connectivity index (χ0) is 46.0. The first-order chi connectivity index (χ1) is 29.6. The highest BCUT2D eigenvalue weighted by Gasteiger charge is 2.36. The van der Waals surface area contributed by atoms with E-state index in [0.717, 1.165) is 88.4 Å². The van der Waals surface area contributed by atoms with Crippen LogP contribution in [0.25, 0.3) is 18.2 Å². The van der Waals surface area contributed by atoms with E-state index < -0.39 is 65.3 Å². The molecule has 0 radical (unpaired) electrons. The maximum Gasteiger partial charge on any atom is 0.416 e. The molecule has 0 saturated carbocycles. The number of halogens is 10. The molecular weight excluding hydrogens is 960 g/mol. The Hall–Kier alpha value is -5.35. The zero-order valence-corrected chi connectivity index (χ0v) is 36.4. The number of hydrogen-bond acceptors (Lipinski definition) is 4. The van der Waals surface area contributed by atoms with Crippen LogP contribution in [0.2, 0.25) is 5.02 Å². The molecule has 0 bridgehead atoms. The predicted molar refractivity (Wildman–Crippen MR) is 235 cm³/mol. The average molecular weight is 994 g/mol. The van der Waals surface area contributed by atoms with Gasteiger partial charge in [-0.3, -0.25) is 0 Å². The lowest BCUT2D eigenvalue weighted by Gasteiger charge is -2.22. The normalized spacial score (nSPS) is 13.6. The minimum Gasteiger partial charge on any atom is -0.227 e. The molecule has 328 valence electrons. The summed E-state index contributed by atoms with van der Waals surface area (Å²) in [5.74, 6) is -1.12. The molecule has 6 aromatic carbocycles. The summed E-state index contributed by atoms with van der Waals surface area (Å²) >= 11 is 9.10. The van der Waals surface area contributed by atoms with Crippen LogP contribution in [0.5, 0.6) is 0 Å². The second-order valence-electron chi connectivity index (χ2n) is 13.8. The summed E-state index contributed by atoms with van der Waals surface area (Å²) in [6, 6.07) is 31.2. The van der Waals surface area contributed by atoms with E-state index >= 15 is 0 Å². The van der Waals surface area contributed by atoms with E-state index in [9.17, 15) is 52.0 Å². The summed E-state index contributed by atoms with van der Waals surface area (Å²) in [5, 5.41) is -1.32. The first-order valence-electron chi connectivity index (χ1n) is 18.4. The van der Waals surface area contributed by atoms with Crippen molar-refractivity contribution >= 4 is 65.4 Å².